The van der Waals surface area contributed by atoms with Crippen LogP contribution in [-0.2, 0) is 0 Å². The largest absolute Gasteiger partial charge is 0.389 e. The Morgan fingerprint density at radius 1 is 1.00 bits per heavy atom. The third-order valence-electron chi connectivity index (χ3n) is 5.28. The number of rotatable bonds is 5. The second-order valence-electron chi connectivity index (χ2n) is 7.19. The van der Waals surface area contributed by atoms with Crippen molar-refractivity contribution in [1.82, 2.24) is 10.2 Å². The molecule has 0 radical (unpaired) electrons. The molecule has 2 aliphatic carbocycles. The smallest absolute Gasteiger partial charge is 0.0774 e. The summed E-state index contributed by atoms with van der Waals surface area (Å²) in [5.74, 6) is 0.873. The maximum absolute atomic E-state index is 10.6. The zero-order valence-corrected chi connectivity index (χ0v) is 12.2. The van der Waals surface area contributed by atoms with Gasteiger partial charge >= 0.3 is 0 Å². The van der Waals surface area contributed by atoms with E-state index in [-0.39, 0.29) is 5.60 Å². The van der Waals surface area contributed by atoms with Gasteiger partial charge in [-0.3, -0.25) is 0 Å². The van der Waals surface area contributed by atoms with Crippen LogP contribution in [0.5, 0.6) is 0 Å². The quantitative estimate of drug-likeness (QED) is 0.800. The summed E-state index contributed by atoms with van der Waals surface area (Å²) in [4.78, 5) is 2.51. The van der Waals surface area contributed by atoms with E-state index in [1.165, 1.54) is 64.6 Å². The molecule has 0 aromatic rings. The van der Waals surface area contributed by atoms with Gasteiger partial charge in [-0.15, -0.1) is 0 Å². The first kappa shape index (κ1) is 13.8. The Labute approximate surface area is 117 Å². The van der Waals surface area contributed by atoms with Crippen LogP contribution in [0, 0.1) is 5.92 Å². The van der Waals surface area contributed by atoms with Crippen molar-refractivity contribution in [2.45, 2.75) is 69.4 Å². The summed E-state index contributed by atoms with van der Waals surface area (Å²) in [6.07, 6.45) is 11.2. The summed E-state index contributed by atoms with van der Waals surface area (Å²) in [5, 5.41) is 14.3. The van der Waals surface area contributed by atoms with Crippen molar-refractivity contribution in [2.75, 3.05) is 26.2 Å². The van der Waals surface area contributed by atoms with E-state index in [9.17, 15) is 5.11 Å². The number of nitrogens with zero attached hydrogens (tertiary/aromatic N) is 1. The molecule has 2 N–H and O–H groups in total. The molecule has 19 heavy (non-hydrogen) atoms. The van der Waals surface area contributed by atoms with Crippen molar-refractivity contribution in [3.63, 3.8) is 0 Å². The fraction of sp³-hybridized carbons (Fsp3) is 1.00. The van der Waals surface area contributed by atoms with Crippen molar-refractivity contribution >= 4 is 0 Å². The van der Waals surface area contributed by atoms with E-state index in [4.69, 9.17) is 0 Å². The van der Waals surface area contributed by atoms with Gasteiger partial charge in [0.15, 0.2) is 0 Å². The zero-order chi connectivity index (χ0) is 13.1. The van der Waals surface area contributed by atoms with Gasteiger partial charge < -0.3 is 15.3 Å². The van der Waals surface area contributed by atoms with Crippen molar-refractivity contribution in [3.8, 4) is 0 Å². The van der Waals surface area contributed by atoms with Crippen LogP contribution in [0.3, 0.4) is 0 Å². The lowest BCUT2D eigenvalue weighted by molar-refractivity contribution is -0.0326. The maximum atomic E-state index is 10.6. The summed E-state index contributed by atoms with van der Waals surface area (Å²) in [7, 11) is 0. The van der Waals surface area contributed by atoms with Gasteiger partial charge in [0.2, 0.25) is 0 Å². The second-order valence-corrected chi connectivity index (χ2v) is 7.19. The Bertz CT molecular complexity index is 276. The minimum Gasteiger partial charge on any atom is -0.389 e. The molecular formula is C16H30N2O. The van der Waals surface area contributed by atoms with Gasteiger partial charge in [0.05, 0.1) is 5.60 Å². The lowest BCUT2D eigenvalue weighted by Gasteiger charge is -2.40. The summed E-state index contributed by atoms with van der Waals surface area (Å²) in [5.41, 5.74) is -0.364. The Morgan fingerprint density at radius 3 is 2.32 bits per heavy atom. The van der Waals surface area contributed by atoms with E-state index in [2.05, 4.69) is 10.2 Å². The molecule has 0 aromatic carbocycles. The molecule has 1 heterocycles. The van der Waals surface area contributed by atoms with Gasteiger partial charge in [0.25, 0.3) is 0 Å². The third-order valence-corrected chi connectivity index (χ3v) is 5.28. The number of hydrogen-bond donors (Lipinski definition) is 2. The standard InChI is InChI=1S/C16H30N2O/c19-16(8-2-1-3-9-16)13-18-10-6-14(7-11-18)12-17-15-4-5-15/h14-15,17,19H,1-13H2. The highest BCUT2D eigenvalue weighted by atomic mass is 16.3. The average molecular weight is 266 g/mol. The topological polar surface area (TPSA) is 35.5 Å². The van der Waals surface area contributed by atoms with E-state index in [1.807, 2.05) is 0 Å². The van der Waals surface area contributed by atoms with Crippen molar-refractivity contribution in [1.29, 1.82) is 0 Å². The molecule has 1 saturated heterocycles. The molecule has 1 aliphatic heterocycles. The molecule has 0 unspecified atom stereocenters. The first-order valence-electron chi connectivity index (χ1n) is 8.42. The molecular weight excluding hydrogens is 236 g/mol. The highest BCUT2D eigenvalue weighted by Gasteiger charge is 2.32. The van der Waals surface area contributed by atoms with Crippen LogP contribution in [0.2, 0.25) is 0 Å². The van der Waals surface area contributed by atoms with Gasteiger partial charge in [0.1, 0.15) is 0 Å². The normalized spacial score (nSPS) is 29.5. The first-order chi connectivity index (χ1) is 9.23. The summed E-state index contributed by atoms with van der Waals surface area (Å²) >= 11 is 0. The van der Waals surface area contributed by atoms with E-state index in [0.717, 1.165) is 31.3 Å². The number of β-amino-alcohol motifs (C(OH)–C–C–N with tert-alkyl or cyclic N) is 1. The fourth-order valence-electron chi connectivity index (χ4n) is 3.75. The van der Waals surface area contributed by atoms with E-state index < -0.39 is 0 Å². The number of nitrogens with one attached hydrogen (secondary N) is 1. The molecule has 0 aromatic heterocycles. The van der Waals surface area contributed by atoms with Gasteiger partial charge in [-0.1, -0.05) is 19.3 Å². The number of likely N-dealkylation sites (tertiary alicyclic amines) is 1. The Hall–Kier alpha value is -0.120. The molecule has 2 saturated carbocycles. The SMILES string of the molecule is OC1(CN2CCC(CNC3CC3)CC2)CCCCC1. The van der Waals surface area contributed by atoms with Gasteiger partial charge in [-0.2, -0.15) is 0 Å². The van der Waals surface area contributed by atoms with E-state index in [0.29, 0.717) is 0 Å². The predicted octanol–water partition coefficient (Wildman–Crippen LogP) is 2.15. The predicted molar refractivity (Wildman–Crippen MR) is 78.2 cm³/mol. The molecule has 3 aliphatic rings. The molecule has 3 fully saturated rings. The third kappa shape index (κ3) is 4.17. The Balaban J connectivity index is 1.37. The molecule has 0 amide bonds. The average Bonchev–Trinajstić information content (AvgIpc) is 3.22. The van der Waals surface area contributed by atoms with Crippen LogP contribution in [0.15, 0.2) is 0 Å². The van der Waals surface area contributed by atoms with Crippen LogP contribution in [0.1, 0.15) is 57.8 Å². The number of piperidine rings is 1. The zero-order valence-electron chi connectivity index (χ0n) is 12.2. The van der Waals surface area contributed by atoms with Crippen molar-refractivity contribution in [3.05, 3.63) is 0 Å². The van der Waals surface area contributed by atoms with Crippen LogP contribution < -0.4 is 5.32 Å². The van der Waals surface area contributed by atoms with Crippen molar-refractivity contribution in [2.24, 2.45) is 5.92 Å². The molecule has 3 nitrogen and oxygen atoms in total. The second kappa shape index (κ2) is 6.11. The number of hydrogen-bond acceptors (Lipinski definition) is 3. The molecule has 3 heteroatoms. The maximum Gasteiger partial charge on any atom is 0.0774 e. The highest BCUT2D eigenvalue weighted by Crippen LogP contribution is 2.30. The molecule has 0 spiro atoms. The van der Waals surface area contributed by atoms with Gasteiger partial charge in [-0.25, -0.2) is 0 Å². The Kier molecular flexibility index (Phi) is 4.45. The summed E-state index contributed by atoms with van der Waals surface area (Å²) < 4.78 is 0. The minimum atomic E-state index is -0.364. The first-order valence-corrected chi connectivity index (χ1v) is 8.42. The van der Waals surface area contributed by atoms with Gasteiger partial charge in [-0.05, 0) is 64.1 Å². The Morgan fingerprint density at radius 2 is 1.68 bits per heavy atom. The molecule has 3 rings (SSSR count). The van der Waals surface area contributed by atoms with E-state index in [1.54, 1.807) is 0 Å². The fourth-order valence-corrected chi connectivity index (χ4v) is 3.75. The lowest BCUT2D eigenvalue weighted by Crippen LogP contribution is -2.47. The summed E-state index contributed by atoms with van der Waals surface area (Å²) in [6.45, 7) is 4.54. The van der Waals surface area contributed by atoms with Crippen LogP contribution in [0.25, 0.3) is 0 Å². The van der Waals surface area contributed by atoms with Crippen LogP contribution >= 0.6 is 0 Å². The van der Waals surface area contributed by atoms with Crippen LogP contribution in [-0.4, -0.2) is 47.8 Å². The molecule has 0 bridgehead atoms. The van der Waals surface area contributed by atoms with Gasteiger partial charge in [0, 0.05) is 12.6 Å². The minimum absolute atomic E-state index is 0.364. The molecule has 0 atom stereocenters. The van der Waals surface area contributed by atoms with E-state index >= 15 is 0 Å². The van der Waals surface area contributed by atoms with Crippen molar-refractivity contribution < 1.29 is 5.11 Å². The highest BCUT2D eigenvalue weighted by molar-refractivity contribution is 4.88. The van der Waals surface area contributed by atoms with Crippen LogP contribution in [0.4, 0.5) is 0 Å². The monoisotopic (exact) mass is 266 g/mol. The number of aliphatic hydroxyl groups is 1. The molecule has 110 valence electrons. The lowest BCUT2D eigenvalue weighted by atomic mass is 9.84. The summed E-state index contributed by atoms with van der Waals surface area (Å²) in [6, 6.07) is 0.848.